The average molecular weight is 205 g/mol. The fourth-order valence-electron chi connectivity index (χ4n) is 1.78. The second-order valence-electron chi connectivity index (χ2n) is 3.78. The van der Waals surface area contributed by atoms with Crippen molar-refractivity contribution in [2.24, 2.45) is 0 Å². The van der Waals surface area contributed by atoms with Crippen LogP contribution < -0.4 is 5.32 Å². The lowest BCUT2D eigenvalue weighted by Gasteiger charge is -2.27. The number of hydrogen-bond donors (Lipinski definition) is 1. The van der Waals surface area contributed by atoms with Crippen molar-refractivity contribution in [1.82, 2.24) is 5.32 Å². The van der Waals surface area contributed by atoms with Crippen molar-refractivity contribution >= 4 is 5.78 Å². The molecule has 0 aliphatic carbocycles. The van der Waals surface area contributed by atoms with Gasteiger partial charge in [0.2, 0.25) is 0 Å². The highest BCUT2D eigenvalue weighted by Crippen LogP contribution is 2.27. The maximum Gasteiger partial charge on any atom is 0.176 e. The Morgan fingerprint density at radius 3 is 2.80 bits per heavy atom. The molecule has 0 bridgehead atoms. The minimum Gasteiger partial charge on any atom is -0.380 e. The summed E-state index contributed by atoms with van der Waals surface area (Å²) in [6.07, 6.45) is 0. The summed E-state index contributed by atoms with van der Waals surface area (Å²) < 4.78 is 5.16. The fourth-order valence-corrected chi connectivity index (χ4v) is 1.78. The third-order valence-electron chi connectivity index (χ3n) is 2.68. The standard InChI is InChI=1S/C12H15NO2/c1-13-6-12(14)11-5-3-2-4-10(11)9-7-15-8-9/h2-5,9,13H,6-8H2,1H3. The summed E-state index contributed by atoms with van der Waals surface area (Å²) in [7, 11) is 1.78. The summed E-state index contributed by atoms with van der Waals surface area (Å²) in [5, 5.41) is 2.89. The van der Waals surface area contributed by atoms with Crippen LogP contribution in [0.4, 0.5) is 0 Å². The molecule has 1 saturated heterocycles. The van der Waals surface area contributed by atoms with Gasteiger partial charge >= 0.3 is 0 Å². The van der Waals surface area contributed by atoms with E-state index in [1.165, 1.54) is 0 Å². The summed E-state index contributed by atoms with van der Waals surface area (Å²) in [4.78, 5) is 11.8. The van der Waals surface area contributed by atoms with Crippen molar-refractivity contribution in [2.75, 3.05) is 26.8 Å². The van der Waals surface area contributed by atoms with Crippen molar-refractivity contribution in [3.63, 3.8) is 0 Å². The van der Waals surface area contributed by atoms with Gasteiger partial charge in [-0.15, -0.1) is 0 Å². The molecule has 0 amide bonds. The van der Waals surface area contributed by atoms with E-state index in [9.17, 15) is 4.79 Å². The van der Waals surface area contributed by atoms with E-state index in [1.54, 1.807) is 7.05 Å². The highest BCUT2D eigenvalue weighted by Gasteiger charge is 2.24. The molecule has 0 aromatic heterocycles. The molecule has 3 heteroatoms. The van der Waals surface area contributed by atoms with E-state index in [-0.39, 0.29) is 5.78 Å². The Morgan fingerprint density at radius 2 is 2.20 bits per heavy atom. The van der Waals surface area contributed by atoms with E-state index < -0.39 is 0 Å². The van der Waals surface area contributed by atoms with Gasteiger partial charge in [-0.25, -0.2) is 0 Å². The van der Waals surface area contributed by atoms with Crippen molar-refractivity contribution in [3.05, 3.63) is 35.4 Å². The van der Waals surface area contributed by atoms with Gasteiger partial charge in [0.05, 0.1) is 19.8 Å². The number of hydrogen-bond acceptors (Lipinski definition) is 3. The Kier molecular flexibility index (Phi) is 3.14. The van der Waals surface area contributed by atoms with E-state index in [1.807, 2.05) is 24.3 Å². The third kappa shape index (κ3) is 2.08. The van der Waals surface area contributed by atoms with Gasteiger partial charge in [-0.2, -0.15) is 0 Å². The molecule has 80 valence electrons. The largest absolute Gasteiger partial charge is 0.380 e. The predicted octanol–water partition coefficient (Wildman–Crippen LogP) is 1.20. The van der Waals surface area contributed by atoms with Crippen molar-refractivity contribution in [1.29, 1.82) is 0 Å². The number of nitrogens with one attached hydrogen (secondary N) is 1. The highest BCUT2D eigenvalue weighted by atomic mass is 16.5. The molecule has 15 heavy (non-hydrogen) atoms. The molecule has 0 unspecified atom stereocenters. The van der Waals surface area contributed by atoms with Crippen LogP contribution in [0, 0.1) is 0 Å². The molecule has 1 heterocycles. The van der Waals surface area contributed by atoms with Gasteiger partial charge in [0, 0.05) is 11.5 Å². The van der Waals surface area contributed by atoms with Crippen molar-refractivity contribution in [2.45, 2.75) is 5.92 Å². The monoisotopic (exact) mass is 205 g/mol. The first-order chi connectivity index (χ1) is 7.33. The lowest BCUT2D eigenvalue weighted by Crippen LogP contribution is -2.28. The maximum atomic E-state index is 11.8. The molecule has 0 radical (unpaired) electrons. The first-order valence-corrected chi connectivity index (χ1v) is 5.17. The molecule has 3 nitrogen and oxygen atoms in total. The first-order valence-electron chi connectivity index (χ1n) is 5.17. The zero-order chi connectivity index (χ0) is 10.7. The Bertz CT molecular complexity index is 358. The van der Waals surface area contributed by atoms with Crippen molar-refractivity contribution in [3.8, 4) is 0 Å². The molecule has 2 rings (SSSR count). The van der Waals surface area contributed by atoms with Crippen molar-refractivity contribution < 1.29 is 9.53 Å². The smallest absolute Gasteiger partial charge is 0.176 e. The van der Waals surface area contributed by atoms with Gasteiger partial charge in [0.1, 0.15) is 0 Å². The number of carbonyl (C=O) groups is 1. The molecule has 1 aliphatic rings. The summed E-state index contributed by atoms with van der Waals surface area (Å²) in [6, 6.07) is 7.80. The molecule has 0 atom stereocenters. The molecule has 0 spiro atoms. The van der Waals surface area contributed by atoms with E-state index in [4.69, 9.17) is 4.74 Å². The highest BCUT2D eigenvalue weighted by molar-refractivity contribution is 5.99. The molecule has 1 aromatic rings. The second-order valence-corrected chi connectivity index (χ2v) is 3.78. The summed E-state index contributed by atoms with van der Waals surface area (Å²) >= 11 is 0. The molecular formula is C12H15NO2. The molecular weight excluding hydrogens is 190 g/mol. The van der Waals surface area contributed by atoms with Crippen LogP contribution in [0.5, 0.6) is 0 Å². The molecule has 0 saturated carbocycles. The summed E-state index contributed by atoms with van der Waals surface area (Å²) in [5.41, 5.74) is 1.96. The van der Waals surface area contributed by atoms with Crippen LogP contribution in [-0.2, 0) is 4.74 Å². The van der Waals surface area contributed by atoms with Crippen LogP contribution in [0.1, 0.15) is 21.8 Å². The van der Waals surface area contributed by atoms with Crippen LogP contribution >= 0.6 is 0 Å². The molecule has 1 N–H and O–H groups in total. The Hall–Kier alpha value is -1.19. The molecule has 1 aliphatic heterocycles. The first kappa shape index (κ1) is 10.3. The average Bonchev–Trinajstić information content (AvgIpc) is 2.16. The topological polar surface area (TPSA) is 38.3 Å². The SMILES string of the molecule is CNCC(=O)c1ccccc1C1COC1. The minimum absolute atomic E-state index is 0.153. The van der Waals surface area contributed by atoms with E-state index >= 15 is 0 Å². The third-order valence-corrected chi connectivity index (χ3v) is 2.68. The van der Waals surface area contributed by atoms with Gasteiger partial charge in [-0.3, -0.25) is 4.79 Å². The number of Topliss-reactive ketones (excluding diaryl/α,β-unsaturated/α-hetero) is 1. The predicted molar refractivity (Wildman–Crippen MR) is 58.3 cm³/mol. The van der Waals surface area contributed by atoms with Crippen LogP contribution in [0.15, 0.2) is 24.3 Å². The van der Waals surface area contributed by atoms with Gasteiger partial charge in [0.15, 0.2) is 5.78 Å². The summed E-state index contributed by atoms with van der Waals surface area (Å²) in [5.74, 6) is 0.557. The Morgan fingerprint density at radius 1 is 1.47 bits per heavy atom. The molecule has 1 fully saturated rings. The zero-order valence-electron chi connectivity index (χ0n) is 8.82. The Balaban J connectivity index is 2.24. The second kappa shape index (κ2) is 4.55. The van der Waals surface area contributed by atoms with Gasteiger partial charge in [0.25, 0.3) is 0 Å². The Labute approximate surface area is 89.4 Å². The minimum atomic E-state index is 0.153. The summed E-state index contributed by atoms with van der Waals surface area (Å²) in [6.45, 7) is 1.87. The fraction of sp³-hybridized carbons (Fsp3) is 0.417. The van der Waals surface area contributed by atoms with E-state index in [2.05, 4.69) is 5.32 Å². The lowest BCUT2D eigenvalue weighted by atomic mass is 9.91. The van der Waals surface area contributed by atoms with Gasteiger partial charge in [-0.1, -0.05) is 24.3 Å². The lowest BCUT2D eigenvalue weighted by molar-refractivity contribution is 0.00815. The number of rotatable bonds is 4. The van der Waals surface area contributed by atoms with Gasteiger partial charge < -0.3 is 10.1 Å². The number of carbonyl (C=O) groups excluding carboxylic acids is 1. The quantitative estimate of drug-likeness (QED) is 0.751. The van der Waals surface area contributed by atoms with E-state index in [0.29, 0.717) is 12.5 Å². The maximum absolute atomic E-state index is 11.8. The number of benzene rings is 1. The van der Waals surface area contributed by atoms with Gasteiger partial charge in [-0.05, 0) is 12.6 Å². The number of ether oxygens (including phenoxy) is 1. The van der Waals surface area contributed by atoms with Crippen LogP contribution in [0.25, 0.3) is 0 Å². The van der Waals surface area contributed by atoms with Crippen LogP contribution in [0.3, 0.4) is 0 Å². The zero-order valence-corrected chi connectivity index (χ0v) is 8.82. The number of likely N-dealkylation sites (N-methyl/N-ethyl adjacent to an activating group) is 1. The van der Waals surface area contributed by atoms with Crippen LogP contribution in [-0.4, -0.2) is 32.6 Å². The molecule has 1 aromatic carbocycles. The van der Waals surface area contributed by atoms with Crippen LogP contribution in [0.2, 0.25) is 0 Å². The normalized spacial score (nSPS) is 16.1. The number of ketones is 1. The van der Waals surface area contributed by atoms with E-state index in [0.717, 1.165) is 24.3 Å².